The van der Waals surface area contributed by atoms with Crippen molar-refractivity contribution in [3.05, 3.63) is 59.7 Å². The van der Waals surface area contributed by atoms with Crippen LogP contribution in [0.5, 0.6) is 0 Å². The molecular formula is C25H29N3O4S. The lowest BCUT2D eigenvalue weighted by molar-refractivity contribution is 0.0150. The summed E-state index contributed by atoms with van der Waals surface area (Å²) >= 11 is 1.63. The first-order valence-electron chi connectivity index (χ1n) is 11.1. The second-order valence-electron chi connectivity index (χ2n) is 9.12. The van der Waals surface area contributed by atoms with Gasteiger partial charge in [0, 0.05) is 43.4 Å². The molecule has 2 aromatic carbocycles. The average molecular weight is 468 g/mol. The number of hydrogen-bond donors (Lipinski definition) is 0. The van der Waals surface area contributed by atoms with E-state index in [9.17, 15) is 14.4 Å². The SMILES string of the molecule is CC(C)(C)OC(=O)N1CCN(CCSc2ccccc2N2C(=O)c3ccccc3C2=O)CC1. The summed E-state index contributed by atoms with van der Waals surface area (Å²) in [7, 11) is 0. The van der Waals surface area contributed by atoms with Gasteiger partial charge in [0.2, 0.25) is 0 Å². The molecule has 3 amide bonds. The number of thioether (sulfide) groups is 1. The Labute approximate surface area is 198 Å². The minimum absolute atomic E-state index is 0.258. The van der Waals surface area contributed by atoms with Crippen molar-refractivity contribution in [1.82, 2.24) is 9.80 Å². The fourth-order valence-corrected chi connectivity index (χ4v) is 4.99. The van der Waals surface area contributed by atoms with Gasteiger partial charge in [-0.05, 0) is 45.0 Å². The molecule has 33 heavy (non-hydrogen) atoms. The van der Waals surface area contributed by atoms with E-state index in [4.69, 9.17) is 4.74 Å². The molecule has 0 radical (unpaired) electrons. The van der Waals surface area contributed by atoms with Gasteiger partial charge in [0.05, 0.1) is 16.8 Å². The van der Waals surface area contributed by atoms with Gasteiger partial charge in [-0.1, -0.05) is 24.3 Å². The fourth-order valence-electron chi connectivity index (χ4n) is 3.94. The molecule has 0 saturated carbocycles. The van der Waals surface area contributed by atoms with Crippen molar-refractivity contribution in [2.75, 3.05) is 43.4 Å². The Bertz CT molecular complexity index is 1020. The Balaban J connectivity index is 1.33. The maximum Gasteiger partial charge on any atom is 0.410 e. The zero-order valence-electron chi connectivity index (χ0n) is 19.2. The Morgan fingerprint density at radius 3 is 2.09 bits per heavy atom. The van der Waals surface area contributed by atoms with E-state index in [1.54, 1.807) is 40.9 Å². The zero-order chi connectivity index (χ0) is 23.6. The molecule has 0 atom stereocenters. The van der Waals surface area contributed by atoms with E-state index in [1.165, 1.54) is 4.90 Å². The van der Waals surface area contributed by atoms with Crippen molar-refractivity contribution < 1.29 is 19.1 Å². The maximum absolute atomic E-state index is 12.9. The summed E-state index contributed by atoms with van der Waals surface area (Å²) in [5.41, 5.74) is 1.04. The minimum atomic E-state index is -0.488. The number of benzene rings is 2. The molecule has 0 spiro atoms. The molecule has 0 aromatic heterocycles. The standard InChI is InChI=1S/C25H29N3O4S/c1-25(2,3)32-24(31)27-14-12-26(13-15-27)16-17-33-21-11-7-6-10-20(21)28-22(29)18-8-4-5-9-19(18)23(28)30/h4-11H,12-17H2,1-3H3. The summed E-state index contributed by atoms with van der Waals surface area (Å²) in [6, 6.07) is 14.5. The Morgan fingerprint density at radius 2 is 1.48 bits per heavy atom. The van der Waals surface area contributed by atoms with Gasteiger partial charge in [0.25, 0.3) is 11.8 Å². The molecular weight excluding hydrogens is 438 g/mol. The first-order valence-corrected chi connectivity index (χ1v) is 12.1. The topological polar surface area (TPSA) is 70.2 Å². The van der Waals surface area contributed by atoms with E-state index in [2.05, 4.69) is 4.90 Å². The van der Waals surface area contributed by atoms with E-state index in [-0.39, 0.29) is 17.9 Å². The van der Waals surface area contributed by atoms with Gasteiger partial charge in [-0.2, -0.15) is 0 Å². The summed E-state index contributed by atoms with van der Waals surface area (Å²) in [4.78, 5) is 44.3. The maximum atomic E-state index is 12.9. The van der Waals surface area contributed by atoms with E-state index in [1.807, 2.05) is 45.0 Å². The molecule has 174 valence electrons. The van der Waals surface area contributed by atoms with Crippen LogP contribution >= 0.6 is 11.8 Å². The van der Waals surface area contributed by atoms with Crippen molar-refractivity contribution in [1.29, 1.82) is 0 Å². The van der Waals surface area contributed by atoms with Crippen molar-refractivity contribution in [2.24, 2.45) is 0 Å². The van der Waals surface area contributed by atoms with Crippen LogP contribution in [0.15, 0.2) is 53.4 Å². The summed E-state index contributed by atoms with van der Waals surface area (Å²) in [6.07, 6.45) is -0.258. The van der Waals surface area contributed by atoms with Gasteiger partial charge >= 0.3 is 6.09 Å². The summed E-state index contributed by atoms with van der Waals surface area (Å²) in [6.45, 7) is 9.34. The molecule has 2 aromatic rings. The molecule has 0 N–H and O–H groups in total. The van der Waals surface area contributed by atoms with Gasteiger partial charge in [0.1, 0.15) is 5.60 Å². The van der Waals surface area contributed by atoms with Gasteiger partial charge in [-0.15, -0.1) is 11.8 Å². The predicted molar refractivity (Wildman–Crippen MR) is 129 cm³/mol. The second kappa shape index (κ2) is 9.57. The molecule has 2 heterocycles. The monoisotopic (exact) mass is 467 g/mol. The van der Waals surface area contributed by atoms with Crippen LogP contribution in [-0.2, 0) is 4.74 Å². The molecule has 0 bridgehead atoms. The van der Waals surface area contributed by atoms with Crippen LogP contribution in [0.3, 0.4) is 0 Å². The van der Waals surface area contributed by atoms with Crippen molar-refractivity contribution >= 4 is 35.4 Å². The molecule has 4 rings (SSSR count). The summed E-state index contributed by atoms with van der Waals surface area (Å²) in [5, 5.41) is 0. The van der Waals surface area contributed by atoms with Crippen molar-refractivity contribution in [3.63, 3.8) is 0 Å². The van der Waals surface area contributed by atoms with Crippen LogP contribution in [0, 0.1) is 0 Å². The number of para-hydroxylation sites is 1. The lowest BCUT2D eigenvalue weighted by Crippen LogP contribution is -2.50. The number of ether oxygens (including phenoxy) is 1. The number of carbonyl (C=O) groups excluding carboxylic acids is 3. The zero-order valence-corrected chi connectivity index (χ0v) is 20.1. The Hall–Kier alpha value is -2.84. The number of hydrogen-bond acceptors (Lipinski definition) is 6. The molecule has 7 nitrogen and oxygen atoms in total. The highest BCUT2D eigenvalue weighted by Crippen LogP contribution is 2.35. The Kier molecular flexibility index (Phi) is 6.76. The number of carbonyl (C=O) groups is 3. The third-order valence-electron chi connectivity index (χ3n) is 5.59. The highest BCUT2D eigenvalue weighted by molar-refractivity contribution is 7.99. The number of imide groups is 1. The van der Waals surface area contributed by atoms with E-state index in [0.717, 1.165) is 30.3 Å². The molecule has 2 aliphatic rings. The van der Waals surface area contributed by atoms with Crippen LogP contribution in [0.1, 0.15) is 41.5 Å². The summed E-state index contributed by atoms with van der Waals surface area (Å²) in [5.74, 6) is 0.260. The number of nitrogens with zero attached hydrogens (tertiary/aromatic N) is 3. The smallest absolute Gasteiger partial charge is 0.410 e. The number of piperazine rings is 1. The van der Waals surface area contributed by atoms with E-state index >= 15 is 0 Å². The van der Waals surface area contributed by atoms with Gasteiger partial charge in [-0.25, -0.2) is 9.69 Å². The third kappa shape index (κ3) is 5.23. The molecule has 2 aliphatic heterocycles. The minimum Gasteiger partial charge on any atom is -0.444 e. The van der Waals surface area contributed by atoms with E-state index < -0.39 is 5.60 Å². The number of anilines is 1. The molecule has 8 heteroatoms. The molecule has 1 saturated heterocycles. The summed E-state index contributed by atoms with van der Waals surface area (Å²) < 4.78 is 5.46. The second-order valence-corrected chi connectivity index (χ2v) is 10.3. The van der Waals surface area contributed by atoms with Gasteiger partial charge < -0.3 is 9.64 Å². The van der Waals surface area contributed by atoms with Crippen molar-refractivity contribution in [3.8, 4) is 0 Å². The molecule has 0 aliphatic carbocycles. The first kappa shape index (κ1) is 23.3. The van der Waals surface area contributed by atoms with Crippen LogP contribution in [0.4, 0.5) is 10.5 Å². The lowest BCUT2D eigenvalue weighted by Gasteiger charge is -2.35. The molecule has 1 fully saturated rings. The normalized spacial score (nSPS) is 16.8. The van der Waals surface area contributed by atoms with Crippen LogP contribution in [-0.4, -0.2) is 71.8 Å². The van der Waals surface area contributed by atoms with Gasteiger partial charge in [-0.3, -0.25) is 14.5 Å². The lowest BCUT2D eigenvalue weighted by atomic mass is 10.1. The van der Waals surface area contributed by atoms with Crippen molar-refractivity contribution in [2.45, 2.75) is 31.3 Å². The van der Waals surface area contributed by atoms with E-state index in [0.29, 0.717) is 29.9 Å². The number of amides is 3. The molecule has 0 unspecified atom stereocenters. The number of fused-ring (bicyclic) bond motifs is 1. The quantitative estimate of drug-likeness (QED) is 0.486. The first-order chi connectivity index (χ1) is 15.7. The van der Waals surface area contributed by atoms with Crippen LogP contribution < -0.4 is 4.90 Å². The largest absolute Gasteiger partial charge is 0.444 e. The fraction of sp³-hybridized carbons (Fsp3) is 0.400. The predicted octanol–water partition coefficient (Wildman–Crippen LogP) is 4.13. The highest BCUT2D eigenvalue weighted by Gasteiger charge is 2.37. The third-order valence-corrected chi connectivity index (χ3v) is 6.63. The van der Waals surface area contributed by atoms with Gasteiger partial charge in [0.15, 0.2) is 0 Å². The Morgan fingerprint density at radius 1 is 0.909 bits per heavy atom. The highest BCUT2D eigenvalue weighted by atomic mass is 32.2. The van der Waals surface area contributed by atoms with Crippen LogP contribution in [0.2, 0.25) is 0 Å². The number of rotatable bonds is 5. The average Bonchev–Trinajstić information content (AvgIpc) is 3.04. The van der Waals surface area contributed by atoms with Crippen LogP contribution in [0.25, 0.3) is 0 Å².